The van der Waals surface area contributed by atoms with Gasteiger partial charge >= 0.3 is 0 Å². The number of ether oxygens (including phenoxy) is 1. The first kappa shape index (κ1) is 12.9. The van der Waals surface area contributed by atoms with Crippen molar-refractivity contribution in [1.82, 2.24) is 5.32 Å². The molecule has 3 N–H and O–H groups in total. The van der Waals surface area contributed by atoms with Gasteiger partial charge in [0.25, 0.3) is 5.17 Å². The lowest BCUT2D eigenvalue weighted by molar-refractivity contribution is 0.248. The quantitative estimate of drug-likeness (QED) is 0.821. The van der Waals surface area contributed by atoms with Crippen LogP contribution in [0.1, 0.15) is 11.1 Å². The van der Waals surface area contributed by atoms with Crippen LogP contribution in [0.2, 0.25) is 10.0 Å². The first-order chi connectivity index (χ1) is 8.08. The van der Waals surface area contributed by atoms with Crippen molar-refractivity contribution in [2.45, 2.75) is 19.0 Å². The van der Waals surface area contributed by atoms with E-state index in [9.17, 15) is 0 Å². The summed E-state index contributed by atoms with van der Waals surface area (Å²) in [5.41, 5.74) is 7.54. The molecule has 1 aliphatic rings. The van der Waals surface area contributed by atoms with E-state index in [1.54, 1.807) is 0 Å². The molecule has 1 aliphatic heterocycles. The van der Waals surface area contributed by atoms with Gasteiger partial charge in [0.2, 0.25) is 0 Å². The van der Waals surface area contributed by atoms with Crippen LogP contribution in [0.3, 0.4) is 0 Å². The smallest absolute Gasteiger partial charge is 0.254 e. The lowest BCUT2D eigenvalue weighted by atomic mass is 9.96. The number of nitrogens with one attached hydrogen (secondary N) is 1. The van der Waals surface area contributed by atoms with Gasteiger partial charge in [-0.1, -0.05) is 29.3 Å². The molecular formula is C11H12Cl2N2OS. The summed E-state index contributed by atoms with van der Waals surface area (Å²) in [6, 6.07) is 4.01. The zero-order chi connectivity index (χ0) is 12.4. The topological polar surface area (TPSA) is 47.3 Å². The van der Waals surface area contributed by atoms with Crippen LogP contribution in [-0.4, -0.2) is 17.8 Å². The number of benzene rings is 1. The van der Waals surface area contributed by atoms with Crippen LogP contribution in [0.5, 0.6) is 0 Å². The summed E-state index contributed by atoms with van der Waals surface area (Å²) in [4.78, 5) is 0. The molecule has 1 unspecified atom stereocenters. The SMILES string of the molecule is NC(=S)OCC1Cc2ccc(Cl)c(Cl)c2CN1. The first-order valence-corrected chi connectivity index (χ1v) is 6.35. The van der Waals surface area contributed by atoms with Crippen molar-refractivity contribution >= 4 is 40.6 Å². The molecule has 0 saturated carbocycles. The summed E-state index contributed by atoms with van der Waals surface area (Å²) in [6.07, 6.45) is 0.828. The maximum atomic E-state index is 6.14. The van der Waals surface area contributed by atoms with Crippen LogP contribution in [0.4, 0.5) is 0 Å². The Labute approximate surface area is 115 Å². The zero-order valence-electron chi connectivity index (χ0n) is 9.00. The number of rotatable bonds is 2. The molecular weight excluding hydrogens is 279 g/mol. The Balaban J connectivity index is 2.09. The third kappa shape index (κ3) is 3.01. The molecule has 6 heteroatoms. The number of halogens is 2. The molecule has 17 heavy (non-hydrogen) atoms. The molecule has 0 amide bonds. The maximum absolute atomic E-state index is 6.14. The van der Waals surface area contributed by atoms with Crippen LogP contribution in [0.25, 0.3) is 0 Å². The molecule has 0 aliphatic carbocycles. The fourth-order valence-electron chi connectivity index (χ4n) is 1.90. The van der Waals surface area contributed by atoms with E-state index in [0.29, 0.717) is 23.2 Å². The monoisotopic (exact) mass is 290 g/mol. The Morgan fingerprint density at radius 2 is 2.29 bits per heavy atom. The Morgan fingerprint density at radius 1 is 1.53 bits per heavy atom. The standard InChI is InChI=1S/C11H12Cl2N2OS/c12-9-2-1-6-3-7(5-16-11(14)17)15-4-8(6)10(9)13/h1-2,7,15H,3-5H2,(H2,14,17). The zero-order valence-corrected chi connectivity index (χ0v) is 11.3. The van der Waals surface area contributed by atoms with Crippen molar-refractivity contribution in [2.75, 3.05) is 6.61 Å². The van der Waals surface area contributed by atoms with Crippen LogP contribution in [-0.2, 0) is 17.7 Å². The number of fused-ring (bicyclic) bond motifs is 1. The third-order valence-electron chi connectivity index (χ3n) is 2.75. The molecule has 1 aromatic rings. The van der Waals surface area contributed by atoms with Crippen LogP contribution >= 0.6 is 35.4 Å². The average Bonchev–Trinajstić information content (AvgIpc) is 2.31. The Hall–Kier alpha value is -0.550. The van der Waals surface area contributed by atoms with E-state index >= 15 is 0 Å². The molecule has 3 nitrogen and oxygen atoms in total. The fourth-order valence-corrected chi connectivity index (χ4v) is 2.40. The maximum Gasteiger partial charge on any atom is 0.254 e. The van der Waals surface area contributed by atoms with Crippen molar-refractivity contribution < 1.29 is 4.74 Å². The van der Waals surface area contributed by atoms with Gasteiger partial charge in [-0.05, 0) is 35.8 Å². The minimum Gasteiger partial charge on any atom is -0.470 e. The number of hydrogen-bond acceptors (Lipinski definition) is 3. The van der Waals surface area contributed by atoms with Crippen molar-refractivity contribution in [1.29, 1.82) is 0 Å². The van der Waals surface area contributed by atoms with Gasteiger partial charge in [-0.3, -0.25) is 0 Å². The summed E-state index contributed by atoms with van der Waals surface area (Å²) in [7, 11) is 0. The van der Waals surface area contributed by atoms with E-state index in [1.807, 2.05) is 12.1 Å². The van der Waals surface area contributed by atoms with E-state index < -0.39 is 0 Å². The lowest BCUT2D eigenvalue weighted by Crippen LogP contribution is -2.40. The molecule has 1 heterocycles. The number of thiocarbonyl (C=S) groups is 1. The van der Waals surface area contributed by atoms with E-state index in [2.05, 4.69) is 17.5 Å². The molecule has 0 spiro atoms. The fraction of sp³-hybridized carbons (Fsp3) is 0.364. The molecule has 0 saturated heterocycles. The first-order valence-electron chi connectivity index (χ1n) is 5.19. The molecule has 1 atom stereocenters. The van der Waals surface area contributed by atoms with E-state index in [0.717, 1.165) is 12.0 Å². The van der Waals surface area contributed by atoms with Gasteiger partial charge in [0.15, 0.2) is 0 Å². The number of hydrogen-bond donors (Lipinski definition) is 2. The van der Waals surface area contributed by atoms with Crippen molar-refractivity contribution in [2.24, 2.45) is 5.73 Å². The second kappa shape index (κ2) is 5.40. The summed E-state index contributed by atoms with van der Waals surface area (Å²) in [5, 5.41) is 4.61. The number of nitrogens with two attached hydrogens (primary N) is 1. The van der Waals surface area contributed by atoms with Crippen molar-refractivity contribution in [3.63, 3.8) is 0 Å². The van der Waals surface area contributed by atoms with E-state index in [4.69, 9.17) is 33.7 Å². The van der Waals surface area contributed by atoms with Crippen LogP contribution in [0, 0.1) is 0 Å². The van der Waals surface area contributed by atoms with Gasteiger partial charge in [-0.15, -0.1) is 0 Å². The molecule has 2 rings (SSSR count). The van der Waals surface area contributed by atoms with Gasteiger partial charge in [-0.25, -0.2) is 0 Å². The predicted molar refractivity (Wildman–Crippen MR) is 73.5 cm³/mol. The minimum atomic E-state index is 0.0757. The van der Waals surface area contributed by atoms with Crippen molar-refractivity contribution in [3.05, 3.63) is 33.3 Å². The molecule has 92 valence electrons. The molecule has 0 bridgehead atoms. The second-order valence-electron chi connectivity index (χ2n) is 3.91. The van der Waals surface area contributed by atoms with Gasteiger partial charge in [0.1, 0.15) is 6.61 Å². The van der Waals surface area contributed by atoms with Crippen LogP contribution in [0.15, 0.2) is 12.1 Å². The average molecular weight is 291 g/mol. The van der Waals surface area contributed by atoms with Gasteiger partial charge in [0.05, 0.1) is 10.0 Å². The molecule has 0 fully saturated rings. The predicted octanol–water partition coefficient (Wildman–Crippen LogP) is 2.27. The lowest BCUT2D eigenvalue weighted by Gasteiger charge is -2.26. The van der Waals surface area contributed by atoms with Gasteiger partial charge in [0, 0.05) is 12.6 Å². The Kier molecular flexibility index (Phi) is 4.09. The highest BCUT2D eigenvalue weighted by Gasteiger charge is 2.21. The third-order valence-corrected chi connectivity index (χ3v) is 3.71. The summed E-state index contributed by atoms with van der Waals surface area (Å²) in [5.74, 6) is 0. The molecule has 0 radical (unpaired) electrons. The highest BCUT2D eigenvalue weighted by atomic mass is 35.5. The normalized spacial score (nSPS) is 18.6. The summed E-state index contributed by atoms with van der Waals surface area (Å²) >= 11 is 16.8. The highest BCUT2D eigenvalue weighted by molar-refractivity contribution is 7.80. The summed E-state index contributed by atoms with van der Waals surface area (Å²) < 4.78 is 5.14. The largest absolute Gasteiger partial charge is 0.470 e. The molecule has 1 aromatic carbocycles. The summed E-state index contributed by atoms with van der Waals surface area (Å²) in [6.45, 7) is 1.15. The minimum absolute atomic E-state index is 0.0757. The van der Waals surface area contributed by atoms with E-state index in [1.165, 1.54) is 5.56 Å². The van der Waals surface area contributed by atoms with E-state index in [-0.39, 0.29) is 11.2 Å². The second-order valence-corrected chi connectivity index (χ2v) is 5.10. The Morgan fingerprint density at radius 3 is 3.00 bits per heavy atom. The van der Waals surface area contributed by atoms with Crippen LogP contribution < -0.4 is 11.1 Å². The Bertz CT molecular complexity index is 453. The highest BCUT2D eigenvalue weighted by Crippen LogP contribution is 2.31. The molecule has 0 aromatic heterocycles. The van der Waals surface area contributed by atoms with Gasteiger partial charge in [-0.2, -0.15) is 0 Å². The van der Waals surface area contributed by atoms with Gasteiger partial charge < -0.3 is 15.8 Å². The van der Waals surface area contributed by atoms with Crippen molar-refractivity contribution in [3.8, 4) is 0 Å².